The van der Waals surface area contributed by atoms with Crippen LogP contribution in [0.4, 0.5) is 0 Å². The number of nitrogens with two attached hydrogens (primary N) is 1. The normalized spacial score (nSPS) is 21.5. The van der Waals surface area contributed by atoms with E-state index in [2.05, 4.69) is 20.8 Å². The lowest BCUT2D eigenvalue weighted by atomic mass is 9.98. The van der Waals surface area contributed by atoms with Crippen molar-refractivity contribution in [3.8, 4) is 0 Å². The van der Waals surface area contributed by atoms with E-state index in [1.165, 1.54) is 35.3 Å². The number of fused-ring (bicyclic) bond motifs is 1. The number of H-pyrrole nitrogens is 1. The highest BCUT2D eigenvalue weighted by Gasteiger charge is 2.66. The second kappa shape index (κ2) is 9.19. The molecule has 0 bridgehead atoms. The Morgan fingerprint density at radius 1 is 1.43 bits per heavy atom. The van der Waals surface area contributed by atoms with Gasteiger partial charge in [0.05, 0.1) is 6.42 Å². The Morgan fingerprint density at radius 2 is 2.17 bits per heavy atom. The van der Waals surface area contributed by atoms with Crippen LogP contribution in [0.3, 0.4) is 0 Å². The lowest BCUT2D eigenvalue weighted by molar-refractivity contribution is -0.192. The number of carboxylic acid groups (broad SMARTS) is 1. The van der Waals surface area contributed by atoms with E-state index in [9.17, 15) is 29.1 Å². The SMILES string of the molecule is CO[C@@]1(NC(=O)Cc2o[nH]c(=O)c2C(N)=O)C(=O)N2C(C(=O)O)=C(CSc3nnnn3C)CS[C@H]21. The number of aromatic nitrogens is 5. The molecule has 1 saturated heterocycles. The van der Waals surface area contributed by atoms with E-state index < -0.39 is 52.3 Å². The summed E-state index contributed by atoms with van der Waals surface area (Å²) in [6, 6.07) is 0. The largest absolute Gasteiger partial charge is 0.477 e. The van der Waals surface area contributed by atoms with Gasteiger partial charge in [0.1, 0.15) is 16.6 Å². The minimum atomic E-state index is -1.86. The maximum absolute atomic E-state index is 13.1. The molecule has 2 aromatic rings. The topological polar surface area (TPSA) is 229 Å². The fraction of sp³-hybridized carbons (Fsp3) is 0.412. The Morgan fingerprint density at radius 3 is 2.77 bits per heavy atom. The van der Waals surface area contributed by atoms with Crippen LogP contribution in [0.5, 0.6) is 0 Å². The molecule has 0 aliphatic carbocycles. The van der Waals surface area contributed by atoms with Crippen LogP contribution in [0.25, 0.3) is 0 Å². The van der Waals surface area contributed by atoms with Crippen LogP contribution >= 0.6 is 23.5 Å². The van der Waals surface area contributed by atoms with Crippen molar-refractivity contribution in [2.45, 2.75) is 22.7 Å². The molecule has 0 saturated carbocycles. The summed E-state index contributed by atoms with van der Waals surface area (Å²) in [6.45, 7) is 0. The third-order valence-corrected chi connectivity index (χ3v) is 7.73. The molecule has 0 radical (unpaired) electrons. The number of carbonyl (C=O) groups excluding carboxylic acids is 3. The molecule has 2 aliphatic heterocycles. The van der Waals surface area contributed by atoms with Crippen LogP contribution in [-0.4, -0.2) is 88.8 Å². The summed E-state index contributed by atoms with van der Waals surface area (Å²) in [5, 5.41) is 24.9. The second-order valence-corrected chi connectivity index (χ2v) is 9.34. The van der Waals surface area contributed by atoms with Crippen molar-refractivity contribution in [2.24, 2.45) is 12.8 Å². The highest BCUT2D eigenvalue weighted by molar-refractivity contribution is 8.01. The molecule has 0 spiro atoms. The number of β-lactam (4-membered cyclic amide) rings is 1. The maximum Gasteiger partial charge on any atom is 0.352 e. The molecular weight excluding hydrogens is 508 g/mol. The van der Waals surface area contributed by atoms with Crippen molar-refractivity contribution < 1.29 is 33.5 Å². The molecule has 4 heterocycles. The van der Waals surface area contributed by atoms with Gasteiger partial charge < -0.3 is 25.4 Å². The van der Waals surface area contributed by atoms with Gasteiger partial charge in [-0.3, -0.25) is 24.1 Å². The molecule has 2 aliphatic rings. The zero-order valence-electron chi connectivity index (χ0n) is 18.1. The number of nitrogens with zero attached hydrogens (tertiary/aromatic N) is 5. The molecule has 4 rings (SSSR count). The van der Waals surface area contributed by atoms with Gasteiger partial charge in [0, 0.05) is 25.7 Å². The fourth-order valence-electron chi connectivity index (χ4n) is 3.66. The van der Waals surface area contributed by atoms with Crippen molar-refractivity contribution in [3.63, 3.8) is 0 Å². The maximum atomic E-state index is 13.1. The van der Waals surface area contributed by atoms with Gasteiger partial charge in [0.25, 0.3) is 23.1 Å². The summed E-state index contributed by atoms with van der Waals surface area (Å²) >= 11 is 2.41. The summed E-state index contributed by atoms with van der Waals surface area (Å²) < 4.78 is 11.6. The summed E-state index contributed by atoms with van der Waals surface area (Å²) in [5.74, 6) is -3.88. The van der Waals surface area contributed by atoms with Gasteiger partial charge in [-0.1, -0.05) is 11.8 Å². The van der Waals surface area contributed by atoms with Crippen molar-refractivity contribution in [3.05, 3.63) is 32.9 Å². The number of primary amides is 1. The zero-order chi connectivity index (χ0) is 25.5. The molecule has 2 atom stereocenters. The molecule has 186 valence electrons. The van der Waals surface area contributed by atoms with Gasteiger partial charge in [-0.25, -0.2) is 9.48 Å². The summed E-state index contributed by atoms with van der Waals surface area (Å²) in [4.78, 5) is 62.0. The number of aromatic amines is 1. The molecule has 35 heavy (non-hydrogen) atoms. The van der Waals surface area contributed by atoms with E-state index in [4.69, 9.17) is 15.0 Å². The van der Waals surface area contributed by atoms with Gasteiger partial charge in [-0.2, -0.15) is 5.16 Å². The highest BCUT2D eigenvalue weighted by atomic mass is 32.2. The number of amides is 3. The van der Waals surface area contributed by atoms with Gasteiger partial charge in [-0.15, -0.1) is 16.9 Å². The smallest absolute Gasteiger partial charge is 0.352 e. The number of carbonyl (C=O) groups is 4. The predicted molar refractivity (Wildman–Crippen MR) is 117 cm³/mol. The Hall–Kier alpha value is -3.64. The monoisotopic (exact) mass is 526 g/mol. The number of carboxylic acids is 1. The average molecular weight is 527 g/mol. The number of nitrogens with one attached hydrogen (secondary N) is 2. The van der Waals surface area contributed by atoms with E-state index in [1.807, 2.05) is 5.16 Å². The van der Waals surface area contributed by atoms with Crippen molar-refractivity contribution in [1.29, 1.82) is 0 Å². The number of aryl methyl sites for hydroxylation is 1. The lowest BCUT2D eigenvalue weighted by Crippen LogP contribution is -2.80. The first-order valence-corrected chi connectivity index (χ1v) is 11.8. The molecule has 18 heteroatoms. The van der Waals surface area contributed by atoms with Crippen LogP contribution in [0, 0.1) is 0 Å². The minimum absolute atomic E-state index is 0.212. The highest BCUT2D eigenvalue weighted by Crippen LogP contribution is 2.47. The molecular formula is C17H18N8O8S2. The Labute approximate surface area is 203 Å². The Bertz CT molecular complexity index is 1320. The predicted octanol–water partition coefficient (Wildman–Crippen LogP) is -2.36. The number of aliphatic carboxylic acids is 1. The van der Waals surface area contributed by atoms with E-state index in [0.717, 1.165) is 4.90 Å². The first kappa shape index (κ1) is 24.5. The van der Waals surface area contributed by atoms with E-state index in [0.29, 0.717) is 10.7 Å². The fourth-order valence-corrected chi connectivity index (χ4v) is 6.08. The van der Waals surface area contributed by atoms with Crippen molar-refractivity contribution in [2.75, 3.05) is 18.6 Å². The Kier molecular flexibility index (Phi) is 6.43. The van der Waals surface area contributed by atoms with E-state index in [-0.39, 0.29) is 23.0 Å². The van der Waals surface area contributed by atoms with Gasteiger partial charge >= 0.3 is 5.97 Å². The molecule has 16 nitrogen and oxygen atoms in total. The summed E-state index contributed by atoms with van der Waals surface area (Å²) in [5.41, 5.74) is 2.12. The van der Waals surface area contributed by atoms with Crippen LogP contribution in [0.2, 0.25) is 0 Å². The number of hydrogen-bond acceptors (Lipinski definition) is 12. The van der Waals surface area contributed by atoms with E-state index in [1.54, 1.807) is 7.05 Å². The number of hydrogen-bond donors (Lipinski definition) is 4. The van der Waals surface area contributed by atoms with Crippen LogP contribution in [0.1, 0.15) is 16.1 Å². The molecule has 5 N–H and O–H groups in total. The molecule has 1 fully saturated rings. The van der Waals surface area contributed by atoms with Crippen molar-refractivity contribution >= 4 is 47.2 Å². The number of rotatable bonds is 9. The Balaban J connectivity index is 1.54. The summed E-state index contributed by atoms with van der Waals surface area (Å²) in [6.07, 6.45) is -0.595. The first-order valence-electron chi connectivity index (χ1n) is 9.72. The molecule has 0 unspecified atom stereocenters. The number of thioether (sulfide) groups is 2. The van der Waals surface area contributed by atoms with Gasteiger partial charge in [0.15, 0.2) is 5.76 Å². The average Bonchev–Trinajstić information content (AvgIpc) is 3.39. The van der Waals surface area contributed by atoms with Crippen molar-refractivity contribution in [1.82, 2.24) is 35.6 Å². The van der Waals surface area contributed by atoms with Gasteiger partial charge in [-0.05, 0) is 16.0 Å². The van der Waals surface area contributed by atoms with E-state index >= 15 is 0 Å². The summed E-state index contributed by atoms with van der Waals surface area (Å²) in [7, 11) is 2.83. The second-order valence-electron chi connectivity index (χ2n) is 7.33. The van der Waals surface area contributed by atoms with Gasteiger partial charge in [0.2, 0.25) is 11.1 Å². The first-order chi connectivity index (χ1) is 16.6. The lowest BCUT2D eigenvalue weighted by Gasteiger charge is -2.55. The zero-order valence-corrected chi connectivity index (χ0v) is 19.8. The van der Waals surface area contributed by atoms with Crippen LogP contribution in [-0.2, 0) is 32.6 Å². The number of methoxy groups -OCH3 is 1. The standard InChI is InChI=1S/C17H18N8O8S2/c1-24-16(20-22-23-24)35-5-6-4-34-15-17(32-2,14(31)25(15)10(6)13(29)30)19-8(26)3-7-9(11(18)27)12(28)21-33-7/h15H,3-5H2,1-2H3,(H2,18,27)(H,19,26)(H,21,28)(H,29,30)/t15-,17-/m0/s1. The van der Waals surface area contributed by atoms with Crippen LogP contribution in [0.15, 0.2) is 25.7 Å². The number of tetrazole rings is 1. The number of ether oxygens (including phenoxy) is 1. The minimum Gasteiger partial charge on any atom is -0.477 e. The third-order valence-electron chi connectivity index (χ3n) is 5.26. The molecule has 3 amide bonds. The quantitative estimate of drug-likeness (QED) is 0.152. The van der Waals surface area contributed by atoms with Crippen LogP contribution < -0.4 is 16.6 Å². The molecule has 2 aromatic heterocycles. The molecule has 0 aromatic carbocycles. The third kappa shape index (κ3) is 4.08.